The molecule has 27 heavy (non-hydrogen) atoms. The van der Waals surface area contributed by atoms with E-state index in [0.717, 1.165) is 50.8 Å². The number of hydrogen-bond acceptors (Lipinski definition) is 5. The van der Waals surface area contributed by atoms with Gasteiger partial charge in [0.25, 0.3) is 5.56 Å². The van der Waals surface area contributed by atoms with Crippen LogP contribution in [0.15, 0.2) is 9.59 Å². The number of unbranched alkanes of at least 4 members (excludes halogenated alkanes) is 4. The number of H-pyrrole nitrogens is 1. The Hall–Kier alpha value is -1.64. The molecule has 2 aromatic heterocycles. The van der Waals surface area contributed by atoms with Crippen LogP contribution in [0.3, 0.4) is 0 Å². The molecule has 0 aliphatic rings. The quantitative estimate of drug-likeness (QED) is 0.492. The molecule has 0 aliphatic heterocycles. The monoisotopic (exact) mass is 401 g/mol. The SMILES string of the molecule is C[C@@H](O)CCCCc1nc2c(c(=O)[nH]c(=O)n2CCCCCCN)n1C.Cl. The zero-order chi connectivity index (χ0) is 19.1. The Kier molecular flexibility index (Phi) is 9.76. The van der Waals surface area contributed by atoms with E-state index >= 15 is 0 Å². The largest absolute Gasteiger partial charge is 0.393 e. The summed E-state index contributed by atoms with van der Waals surface area (Å²) in [4.78, 5) is 31.5. The number of nitrogens with two attached hydrogens (primary N) is 1. The molecule has 9 heteroatoms. The van der Waals surface area contributed by atoms with Gasteiger partial charge >= 0.3 is 5.69 Å². The van der Waals surface area contributed by atoms with Crippen LogP contribution in [0, 0.1) is 0 Å². The molecule has 0 aliphatic carbocycles. The van der Waals surface area contributed by atoms with Gasteiger partial charge in [0.2, 0.25) is 0 Å². The van der Waals surface area contributed by atoms with Gasteiger partial charge in [0.05, 0.1) is 6.10 Å². The van der Waals surface area contributed by atoms with Crippen LogP contribution < -0.4 is 17.0 Å². The molecule has 0 aromatic carbocycles. The van der Waals surface area contributed by atoms with E-state index in [1.54, 1.807) is 16.1 Å². The predicted octanol–water partition coefficient (Wildman–Crippen LogP) is 1.46. The standard InChI is InChI=1S/C18H31N5O3.ClH/c1-13(24)9-5-6-10-14-20-16-15(22(14)2)17(25)21-18(26)23(16)12-8-4-3-7-11-19;/h13,24H,3-12,19H2,1-2H3,(H,21,25,26);1H/t13-;/m1./s1. The molecular weight excluding hydrogens is 370 g/mol. The molecule has 0 radical (unpaired) electrons. The van der Waals surface area contributed by atoms with Crippen molar-refractivity contribution in [2.24, 2.45) is 12.8 Å². The number of aromatic nitrogens is 4. The minimum absolute atomic E-state index is 0. The van der Waals surface area contributed by atoms with Gasteiger partial charge in [0.15, 0.2) is 11.2 Å². The number of halogens is 1. The number of aryl methyl sites for hydroxylation is 3. The molecule has 2 heterocycles. The minimum Gasteiger partial charge on any atom is -0.393 e. The number of aliphatic hydroxyl groups excluding tert-OH is 1. The number of nitrogens with one attached hydrogen (secondary N) is 1. The number of aliphatic hydroxyl groups is 1. The van der Waals surface area contributed by atoms with Crippen molar-refractivity contribution >= 4 is 23.6 Å². The summed E-state index contributed by atoms with van der Waals surface area (Å²) in [6.45, 7) is 3.00. The van der Waals surface area contributed by atoms with Gasteiger partial charge in [0, 0.05) is 20.0 Å². The topological polar surface area (TPSA) is 119 Å². The molecule has 0 bridgehead atoms. The average molecular weight is 402 g/mol. The van der Waals surface area contributed by atoms with Crippen LogP contribution in [-0.2, 0) is 20.0 Å². The van der Waals surface area contributed by atoms with E-state index in [2.05, 4.69) is 9.97 Å². The molecule has 0 spiro atoms. The predicted molar refractivity (Wildman–Crippen MR) is 110 cm³/mol. The average Bonchev–Trinajstić information content (AvgIpc) is 2.91. The summed E-state index contributed by atoms with van der Waals surface area (Å²) in [6, 6.07) is 0. The Bertz CT molecular complexity index is 825. The lowest BCUT2D eigenvalue weighted by Gasteiger charge is -2.06. The molecule has 8 nitrogen and oxygen atoms in total. The smallest absolute Gasteiger partial charge is 0.330 e. The maximum absolute atomic E-state index is 12.2. The molecule has 0 saturated carbocycles. The molecule has 4 N–H and O–H groups in total. The van der Waals surface area contributed by atoms with E-state index in [1.807, 2.05) is 7.05 Å². The molecule has 0 amide bonds. The highest BCUT2D eigenvalue weighted by atomic mass is 35.5. The zero-order valence-electron chi connectivity index (χ0n) is 16.2. The first-order valence-corrected chi connectivity index (χ1v) is 9.52. The van der Waals surface area contributed by atoms with Gasteiger partial charge in [-0.25, -0.2) is 9.78 Å². The first-order valence-electron chi connectivity index (χ1n) is 9.52. The van der Waals surface area contributed by atoms with E-state index in [4.69, 9.17) is 5.73 Å². The van der Waals surface area contributed by atoms with Crippen LogP contribution >= 0.6 is 12.4 Å². The highest BCUT2D eigenvalue weighted by Crippen LogP contribution is 2.13. The fourth-order valence-electron chi connectivity index (χ4n) is 3.21. The number of aromatic amines is 1. The third-order valence-electron chi connectivity index (χ3n) is 4.71. The van der Waals surface area contributed by atoms with Crippen molar-refractivity contribution in [1.82, 2.24) is 19.1 Å². The van der Waals surface area contributed by atoms with Gasteiger partial charge in [-0.1, -0.05) is 19.3 Å². The van der Waals surface area contributed by atoms with Gasteiger partial charge in [-0.15, -0.1) is 12.4 Å². The highest BCUT2D eigenvalue weighted by molar-refractivity contribution is 5.85. The van der Waals surface area contributed by atoms with Crippen LogP contribution in [0.4, 0.5) is 0 Å². The second-order valence-corrected chi connectivity index (χ2v) is 6.97. The van der Waals surface area contributed by atoms with Crippen molar-refractivity contribution in [2.45, 2.75) is 70.9 Å². The molecule has 0 saturated heterocycles. The lowest BCUT2D eigenvalue weighted by molar-refractivity contribution is 0.180. The summed E-state index contributed by atoms with van der Waals surface area (Å²) >= 11 is 0. The van der Waals surface area contributed by atoms with Crippen LogP contribution in [-0.4, -0.2) is 36.9 Å². The fourth-order valence-corrected chi connectivity index (χ4v) is 3.21. The zero-order valence-corrected chi connectivity index (χ0v) is 17.1. The Morgan fingerprint density at radius 2 is 1.85 bits per heavy atom. The van der Waals surface area contributed by atoms with E-state index in [1.165, 1.54) is 0 Å². The summed E-state index contributed by atoms with van der Waals surface area (Å²) in [5.41, 5.74) is 5.61. The molecule has 2 aromatic rings. The summed E-state index contributed by atoms with van der Waals surface area (Å²) < 4.78 is 3.35. The van der Waals surface area contributed by atoms with Crippen LogP contribution in [0.5, 0.6) is 0 Å². The van der Waals surface area contributed by atoms with Crippen LogP contribution in [0.2, 0.25) is 0 Å². The van der Waals surface area contributed by atoms with Crippen molar-refractivity contribution in [3.63, 3.8) is 0 Å². The first kappa shape index (κ1) is 23.4. The van der Waals surface area contributed by atoms with E-state index in [9.17, 15) is 14.7 Å². The Balaban J connectivity index is 0.00000364. The van der Waals surface area contributed by atoms with Crippen molar-refractivity contribution < 1.29 is 5.11 Å². The van der Waals surface area contributed by atoms with Crippen LogP contribution in [0.1, 0.15) is 57.7 Å². The van der Waals surface area contributed by atoms with E-state index in [0.29, 0.717) is 30.7 Å². The number of nitrogens with zero attached hydrogens (tertiary/aromatic N) is 3. The highest BCUT2D eigenvalue weighted by Gasteiger charge is 2.16. The first-order chi connectivity index (χ1) is 12.5. The fraction of sp³-hybridized carbons (Fsp3) is 0.722. The summed E-state index contributed by atoms with van der Waals surface area (Å²) in [6.07, 6.45) is 6.78. The van der Waals surface area contributed by atoms with Crippen molar-refractivity contribution in [3.05, 3.63) is 26.7 Å². The number of imidazole rings is 1. The van der Waals surface area contributed by atoms with Crippen molar-refractivity contribution in [3.8, 4) is 0 Å². The molecular formula is C18H32ClN5O3. The third kappa shape index (κ3) is 6.19. The maximum atomic E-state index is 12.2. The molecule has 154 valence electrons. The summed E-state index contributed by atoms with van der Waals surface area (Å²) in [7, 11) is 1.81. The lowest BCUT2D eigenvalue weighted by Crippen LogP contribution is -2.31. The summed E-state index contributed by atoms with van der Waals surface area (Å²) in [5, 5.41) is 9.35. The number of hydrogen-bond donors (Lipinski definition) is 3. The Morgan fingerprint density at radius 3 is 2.52 bits per heavy atom. The number of fused-ring (bicyclic) bond motifs is 1. The maximum Gasteiger partial charge on any atom is 0.330 e. The van der Waals surface area contributed by atoms with Gasteiger partial charge in [0.1, 0.15) is 5.82 Å². The van der Waals surface area contributed by atoms with Gasteiger partial charge in [-0.3, -0.25) is 14.3 Å². The normalized spacial score (nSPS) is 12.3. The van der Waals surface area contributed by atoms with Gasteiger partial charge < -0.3 is 15.4 Å². The molecule has 0 unspecified atom stereocenters. The van der Waals surface area contributed by atoms with Crippen LogP contribution in [0.25, 0.3) is 11.2 Å². The van der Waals surface area contributed by atoms with Crippen molar-refractivity contribution in [2.75, 3.05) is 6.54 Å². The molecule has 0 fully saturated rings. The Labute approximate surface area is 165 Å². The van der Waals surface area contributed by atoms with Crippen molar-refractivity contribution in [1.29, 1.82) is 0 Å². The van der Waals surface area contributed by atoms with E-state index < -0.39 is 11.2 Å². The van der Waals surface area contributed by atoms with Gasteiger partial charge in [-0.2, -0.15) is 0 Å². The molecule has 1 atom stereocenters. The third-order valence-corrected chi connectivity index (χ3v) is 4.71. The lowest BCUT2D eigenvalue weighted by atomic mass is 10.1. The Morgan fingerprint density at radius 1 is 1.15 bits per heavy atom. The van der Waals surface area contributed by atoms with E-state index in [-0.39, 0.29) is 18.5 Å². The number of rotatable bonds is 11. The van der Waals surface area contributed by atoms with Gasteiger partial charge in [-0.05, 0) is 39.2 Å². The second kappa shape index (κ2) is 11.3. The summed E-state index contributed by atoms with van der Waals surface area (Å²) in [5.74, 6) is 0.790. The minimum atomic E-state index is -0.403. The second-order valence-electron chi connectivity index (χ2n) is 6.97. The molecule has 2 rings (SSSR count).